The van der Waals surface area contributed by atoms with Gasteiger partial charge in [-0.25, -0.2) is 0 Å². The lowest BCUT2D eigenvalue weighted by Crippen LogP contribution is -2.42. The molecular weight excluding hydrogens is 182 g/mol. The van der Waals surface area contributed by atoms with Crippen molar-refractivity contribution in [2.45, 2.75) is 51.8 Å². The second-order valence-corrected chi connectivity index (χ2v) is 7.00. The standard InChI is InChI=1S/C10H21NOS/c1-9(2,3)11-8(12)7-13-10(4,5)6/h7H2,1-6H3,(H,11,12). The Morgan fingerprint density at radius 3 is 1.92 bits per heavy atom. The van der Waals surface area contributed by atoms with E-state index in [2.05, 4.69) is 26.1 Å². The van der Waals surface area contributed by atoms with Gasteiger partial charge in [0.2, 0.25) is 5.91 Å². The van der Waals surface area contributed by atoms with Crippen molar-refractivity contribution in [2.75, 3.05) is 5.75 Å². The molecule has 0 saturated carbocycles. The van der Waals surface area contributed by atoms with Crippen LogP contribution in [0.5, 0.6) is 0 Å². The minimum absolute atomic E-state index is 0.116. The molecule has 0 spiro atoms. The van der Waals surface area contributed by atoms with Crippen LogP contribution in [0.25, 0.3) is 0 Å². The number of hydrogen-bond donors (Lipinski definition) is 1. The van der Waals surface area contributed by atoms with E-state index >= 15 is 0 Å². The Balaban J connectivity index is 3.78. The van der Waals surface area contributed by atoms with Gasteiger partial charge >= 0.3 is 0 Å². The van der Waals surface area contributed by atoms with Gasteiger partial charge in [-0.3, -0.25) is 4.79 Å². The first-order valence-electron chi connectivity index (χ1n) is 4.55. The zero-order valence-corrected chi connectivity index (χ0v) is 10.3. The van der Waals surface area contributed by atoms with E-state index in [0.717, 1.165) is 0 Å². The first kappa shape index (κ1) is 12.8. The van der Waals surface area contributed by atoms with E-state index in [1.165, 1.54) is 0 Å². The number of hydrogen-bond acceptors (Lipinski definition) is 2. The van der Waals surface area contributed by atoms with E-state index in [4.69, 9.17) is 0 Å². The predicted octanol–water partition coefficient (Wildman–Crippen LogP) is 2.43. The lowest BCUT2D eigenvalue weighted by molar-refractivity contribution is -0.119. The van der Waals surface area contributed by atoms with Crippen molar-refractivity contribution in [1.82, 2.24) is 5.32 Å². The minimum atomic E-state index is -0.116. The van der Waals surface area contributed by atoms with E-state index in [1.54, 1.807) is 11.8 Å². The lowest BCUT2D eigenvalue weighted by Gasteiger charge is -2.22. The van der Waals surface area contributed by atoms with Crippen LogP contribution in [0.15, 0.2) is 0 Å². The lowest BCUT2D eigenvalue weighted by atomic mass is 10.1. The topological polar surface area (TPSA) is 29.1 Å². The Bertz CT molecular complexity index is 176. The summed E-state index contributed by atoms with van der Waals surface area (Å²) in [4.78, 5) is 11.4. The molecule has 3 heteroatoms. The highest BCUT2D eigenvalue weighted by atomic mass is 32.2. The van der Waals surface area contributed by atoms with Crippen LogP contribution in [0.1, 0.15) is 41.5 Å². The van der Waals surface area contributed by atoms with E-state index < -0.39 is 0 Å². The molecule has 0 atom stereocenters. The quantitative estimate of drug-likeness (QED) is 0.747. The summed E-state index contributed by atoms with van der Waals surface area (Å²) in [6.07, 6.45) is 0. The van der Waals surface area contributed by atoms with Crippen molar-refractivity contribution in [3.8, 4) is 0 Å². The number of amides is 1. The third-order valence-electron chi connectivity index (χ3n) is 1.15. The van der Waals surface area contributed by atoms with Crippen LogP contribution in [0, 0.1) is 0 Å². The van der Waals surface area contributed by atoms with Crippen molar-refractivity contribution in [2.24, 2.45) is 0 Å². The Kier molecular flexibility index (Phi) is 4.30. The van der Waals surface area contributed by atoms with Gasteiger partial charge in [-0.1, -0.05) is 20.8 Å². The first-order valence-corrected chi connectivity index (χ1v) is 5.54. The smallest absolute Gasteiger partial charge is 0.230 e. The van der Waals surface area contributed by atoms with E-state index in [-0.39, 0.29) is 16.2 Å². The maximum atomic E-state index is 11.4. The highest BCUT2D eigenvalue weighted by Crippen LogP contribution is 2.22. The number of carbonyl (C=O) groups is 1. The molecule has 0 bridgehead atoms. The predicted molar refractivity (Wildman–Crippen MR) is 60.1 cm³/mol. The molecule has 78 valence electrons. The largest absolute Gasteiger partial charge is 0.351 e. The summed E-state index contributed by atoms with van der Waals surface area (Å²) in [5.74, 6) is 0.660. The van der Waals surface area contributed by atoms with Crippen LogP contribution in [-0.2, 0) is 4.79 Å². The summed E-state index contributed by atoms with van der Waals surface area (Å²) in [6.45, 7) is 12.3. The van der Waals surface area contributed by atoms with Gasteiger partial charge in [-0.05, 0) is 20.8 Å². The number of rotatable bonds is 2. The van der Waals surface area contributed by atoms with Crippen LogP contribution in [0.3, 0.4) is 0 Å². The normalized spacial score (nSPS) is 12.8. The molecule has 0 aromatic rings. The Labute approximate surface area is 85.9 Å². The molecule has 0 radical (unpaired) electrons. The Hall–Kier alpha value is -0.180. The zero-order valence-electron chi connectivity index (χ0n) is 9.52. The van der Waals surface area contributed by atoms with Gasteiger partial charge in [0.1, 0.15) is 0 Å². The molecule has 0 unspecified atom stereocenters. The molecule has 1 N–H and O–H groups in total. The van der Waals surface area contributed by atoms with Crippen LogP contribution >= 0.6 is 11.8 Å². The molecule has 0 aliphatic rings. The fourth-order valence-electron chi connectivity index (χ4n) is 0.736. The zero-order chi connectivity index (χ0) is 10.7. The Morgan fingerprint density at radius 2 is 1.62 bits per heavy atom. The number of carbonyl (C=O) groups excluding carboxylic acids is 1. The van der Waals surface area contributed by atoms with Gasteiger partial charge in [0.15, 0.2) is 0 Å². The third kappa shape index (κ3) is 9.74. The second-order valence-electron chi connectivity index (χ2n) is 5.20. The van der Waals surface area contributed by atoms with E-state index in [0.29, 0.717) is 5.75 Å². The average Bonchev–Trinajstić information content (AvgIpc) is 1.78. The minimum Gasteiger partial charge on any atom is -0.351 e. The summed E-state index contributed by atoms with van der Waals surface area (Å²) < 4.78 is 0.162. The molecule has 13 heavy (non-hydrogen) atoms. The van der Waals surface area contributed by atoms with Crippen LogP contribution in [0.4, 0.5) is 0 Å². The van der Waals surface area contributed by atoms with E-state index in [1.807, 2.05) is 20.8 Å². The average molecular weight is 203 g/mol. The molecular formula is C10H21NOS. The molecule has 2 nitrogen and oxygen atoms in total. The molecule has 0 saturated heterocycles. The van der Waals surface area contributed by atoms with Crippen LogP contribution in [0.2, 0.25) is 0 Å². The van der Waals surface area contributed by atoms with Crippen molar-refractivity contribution < 1.29 is 4.79 Å². The Morgan fingerprint density at radius 1 is 1.15 bits per heavy atom. The molecule has 1 amide bonds. The fourth-order valence-corrected chi connectivity index (χ4v) is 1.37. The highest BCUT2D eigenvalue weighted by Gasteiger charge is 2.17. The number of thioether (sulfide) groups is 1. The van der Waals surface area contributed by atoms with Crippen molar-refractivity contribution in [1.29, 1.82) is 0 Å². The monoisotopic (exact) mass is 203 g/mol. The van der Waals surface area contributed by atoms with Gasteiger partial charge in [0.05, 0.1) is 5.75 Å². The van der Waals surface area contributed by atoms with Crippen LogP contribution < -0.4 is 5.32 Å². The van der Waals surface area contributed by atoms with Gasteiger partial charge in [0.25, 0.3) is 0 Å². The molecule has 0 aliphatic heterocycles. The molecule has 0 heterocycles. The van der Waals surface area contributed by atoms with Crippen molar-refractivity contribution in [3.63, 3.8) is 0 Å². The summed E-state index contributed by atoms with van der Waals surface area (Å²) in [5, 5.41) is 2.93. The summed E-state index contributed by atoms with van der Waals surface area (Å²) in [5.41, 5.74) is -0.116. The SMILES string of the molecule is CC(C)(C)NC(=O)CSC(C)(C)C. The van der Waals surface area contributed by atoms with Crippen molar-refractivity contribution >= 4 is 17.7 Å². The highest BCUT2D eigenvalue weighted by molar-refractivity contribution is 8.01. The van der Waals surface area contributed by atoms with Gasteiger partial charge in [0, 0.05) is 10.3 Å². The third-order valence-corrected chi connectivity index (χ3v) is 2.42. The van der Waals surface area contributed by atoms with Gasteiger partial charge in [-0.15, -0.1) is 11.8 Å². The van der Waals surface area contributed by atoms with Gasteiger partial charge in [-0.2, -0.15) is 0 Å². The second kappa shape index (κ2) is 4.36. The first-order chi connectivity index (χ1) is 5.60. The fraction of sp³-hybridized carbons (Fsp3) is 0.900. The van der Waals surface area contributed by atoms with E-state index in [9.17, 15) is 4.79 Å². The maximum absolute atomic E-state index is 11.4. The summed E-state index contributed by atoms with van der Waals surface area (Å²) in [7, 11) is 0. The summed E-state index contributed by atoms with van der Waals surface area (Å²) in [6, 6.07) is 0. The maximum Gasteiger partial charge on any atom is 0.230 e. The summed E-state index contributed by atoms with van der Waals surface area (Å²) >= 11 is 1.67. The molecule has 0 aromatic heterocycles. The van der Waals surface area contributed by atoms with Crippen molar-refractivity contribution in [3.05, 3.63) is 0 Å². The molecule has 0 aliphatic carbocycles. The molecule has 0 rings (SSSR count). The number of nitrogens with one attached hydrogen (secondary N) is 1. The van der Waals surface area contributed by atoms with Crippen LogP contribution in [-0.4, -0.2) is 21.9 Å². The van der Waals surface area contributed by atoms with Gasteiger partial charge < -0.3 is 5.32 Å². The molecule has 0 fully saturated rings. The molecule has 0 aromatic carbocycles.